The van der Waals surface area contributed by atoms with E-state index < -0.39 is 0 Å². The summed E-state index contributed by atoms with van der Waals surface area (Å²) >= 11 is 6.06. The third-order valence-corrected chi connectivity index (χ3v) is 5.22. The average molecular weight is 421 g/mol. The number of amides is 1. The number of aromatic hydroxyl groups is 1. The number of carbonyl (C=O) groups is 1. The van der Waals surface area contributed by atoms with Gasteiger partial charge in [0.05, 0.1) is 6.20 Å². The van der Waals surface area contributed by atoms with Crippen LogP contribution in [0.1, 0.15) is 32.7 Å². The van der Waals surface area contributed by atoms with E-state index in [4.69, 9.17) is 11.6 Å². The van der Waals surface area contributed by atoms with Crippen LogP contribution in [0.5, 0.6) is 5.88 Å². The van der Waals surface area contributed by atoms with E-state index in [2.05, 4.69) is 15.4 Å². The number of aromatic nitrogens is 3. The molecule has 0 saturated heterocycles. The van der Waals surface area contributed by atoms with Gasteiger partial charge in [-0.3, -0.25) is 4.79 Å². The molecule has 0 aliphatic heterocycles. The standard InChI is InChI=1S/C23H21ClN4O2/c1-15-19(13-17-8-5-9-18(24)12-17)23(30)28-21(27-15)20(14-26-28)22(29)25-11-10-16-6-3-2-4-7-16/h2-9,12,14,30H,10-11,13H2,1H3,(H,25,29). The molecule has 0 saturated carbocycles. The first-order chi connectivity index (χ1) is 14.5. The predicted molar refractivity (Wildman–Crippen MR) is 116 cm³/mol. The summed E-state index contributed by atoms with van der Waals surface area (Å²) in [5.74, 6) is -0.296. The Morgan fingerprint density at radius 1 is 1.13 bits per heavy atom. The predicted octanol–water partition coefficient (Wildman–Crippen LogP) is 3.96. The van der Waals surface area contributed by atoms with Crippen LogP contribution in [-0.4, -0.2) is 32.2 Å². The highest BCUT2D eigenvalue weighted by atomic mass is 35.5. The van der Waals surface area contributed by atoms with Crippen molar-refractivity contribution in [2.45, 2.75) is 19.8 Å². The number of nitrogens with zero attached hydrogens (tertiary/aromatic N) is 3. The molecule has 0 aliphatic carbocycles. The van der Waals surface area contributed by atoms with Crippen molar-refractivity contribution >= 4 is 23.2 Å². The van der Waals surface area contributed by atoms with Crippen molar-refractivity contribution in [2.75, 3.05) is 6.54 Å². The van der Waals surface area contributed by atoms with Crippen molar-refractivity contribution in [3.05, 3.63) is 93.8 Å². The van der Waals surface area contributed by atoms with Gasteiger partial charge in [0.1, 0.15) is 5.56 Å². The van der Waals surface area contributed by atoms with E-state index in [1.807, 2.05) is 55.5 Å². The molecule has 0 radical (unpaired) electrons. The van der Waals surface area contributed by atoms with Crippen LogP contribution < -0.4 is 5.32 Å². The third-order valence-electron chi connectivity index (χ3n) is 4.98. The Balaban J connectivity index is 1.55. The Hall–Kier alpha value is -3.38. The molecule has 4 rings (SSSR count). The van der Waals surface area contributed by atoms with E-state index in [0.29, 0.717) is 40.5 Å². The fraction of sp³-hybridized carbons (Fsp3) is 0.174. The van der Waals surface area contributed by atoms with Gasteiger partial charge < -0.3 is 10.4 Å². The molecule has 30 heavy (non-hydrogen) atoms. The number of rotatable bonds is 6. The SMILES string of the molecule is Cc1nc2c(C(=O)NCCc3ccccc3)cnn2c(O)c1Cc1cccc(Cl)c1. The number of nitrogens with one attached hydrogen (secondary N) is 1. The molecule has 6 nitrogen and oxygen atoms in total. The van der Waals surface area contributed by atoms with Gasteiger partial charge in [0.2, 0.25) is 5.88 Å². The number of hydrogen-bond donors (Lipinski definition) is 2. The fourth-order valence-electron chi connectivity index (χ4n) is 3.40. The fourth-order valence-corrected chi connectivity index (χ4v) is 3.61. The first-order valence-corrected chi connectivity index (χ1v) is 10.0. The van der Waals surface area contributed by atoms with Crippen molar-refractivity contribution in [3.63, 3.8) is 0 Å². The van der Waals surface area contributed by atoms with E-state index >= 15 is 0 Å². The molecule has 0 fully saturated rings. The Kier molecular flexibility index (Phi) is 5.68. The van der Waals surface area contributed by atoms with Crippen molar-refractivity contribution < 1.29 is 9.90 Å². The zero-order chi connectivity index (χ0) is 21.1. The lowest BCUT2D eigenvalue weighted by Gasteiger charge is -2.10. The molecule has 2 aromatic carbocycles. The summed E-state index contributed by atoms with van der Waals surface area (Å²) in [6, 6.07) is 17.4. The van der Waals surface area contributed by atoms with Gasteiger partial charge in [-0.15, -0.1) is 0 Å². The second-order valence-electron chi connectivity index (χ2n) is 7.09. The summed E-state index contributed by atoms with van der Waals surface area (Å²) in [7, 11) is 0. The summed E-state index contributed by atoms with van der Waals surface area (Å²) in [5.41, 5.74) is 4.04. The lowest BCUT2D eigenvalue weighted by atomic mass is 10.0. The molecule has 2 heterocycles. The van der Waals surface area contributed by atoms with Gasteiger partial charge in [0, 0.05) is 29.2 Å². The first kappa shape index (κ1) is 19.9. The lowest BCUT2D eigenvalue weighted by molar-refractivity contribution is 0.0955. The van der Waals surface area contributed by atoms with Crippen LogP contribution in [-0.2, 0) is 12.8 Å². The van der Waals surface area contributed by atoms with Gasteiger partial charge in [0.15, 0.2) is 5.65 Å². The Morgan fingerprint density at radius 2 is 1.90 bits per heavy atom. The van der Waals surface area contributed by atoms with E-state index in [0.717, 1.165) is 17.5 Å². The van der Waals surface area contributed by atoms with Crippen LogP contribution in [0.2, 0.25) is 5.02 Å². The van der Waals surface area contributed by atoms with Gasteiger partial charge in [-0.05, 0) is 36.6 Å². The zero-order valence-electron chi connectivity index (χ0n) is 16.5. The average Bonchev–Trinajstić information content (AvgIpc) is 3.16. The lowest BCUT2D eigenvalue weighted by Crippen LogP contribution is -2.25. The number of halogens is 1. The summed E-state index contributed by atoms with van der Waals surface area (Å²) in [4.78, 5) is 17.2. The van der Waals surface area contributed by atoms with Gasteiger partial charge >= 0.3 is 0 Å². The Labute approximate surface area is 179 Å². The summed E-state index contributed by atoms with van der Waals surface area (Å²) in [6.07, 6.45) is 2.62. The third kappa shape index (κ3) is 4.14. The second kappa shape index (κ2) is 8.55. The van der Waals surface area contributed by atoms with Gasteiger partial charge in [-0.25, -0.2) is 4.98 Å². The van der Waals surface area contributed by atoms with Gasteiger partial charge in [-0.1, -0.05) is 54.1 Å². The molecule has 0 unspecified atom stereocenters. The zero-order valence-corrected chi connectivity index (χ0v) is 17.2. The normalized spacial score (nSPS) is 11.0. The maximum absolute atomic E-state index is 12.6. The summed E-state index contributed by atoms with van der Waals surface area (Å²) < 4.78 is 1.30. The van der Waals surface area contributed by atoms with Crippen molar-refractivity contribution in [1.82, 2.24) is 19.9 Å². The number of hydrogen-bond acceptors (Lipinski definition) is 4. The molecule has 0 atom stereocenters. The minimum Gasteiger partial charge on any atom is -0.493 e. The highest BCUT2D eigenvalue weighted by molar-refractivity contribution is 6.30. The number of benzene rings is 2. The number of fused-ring (bicyclic) bond motifs is 1. The first-order valence-electron chi connectivity index (χ1n) is 9.65. The van der Waals surface area contributed by atoms with E-state index in [1.54, 1.807) is 6.07 Å². The molecular formula is C23H21ClN4O2. The highest BCUT2D eigenvalue weighted by Crippen LogP contribution is 2.26. The van der Waals surface area contributed by atoms with E-state index in [1.165, 1.54) is 10.7 Å². The van der Waals surface area contributed by atoms with Gasteiger partial charge in [-0.2, -0.15) is 9.61 Å². The van der Waals surface area contributed by atoms with E-state index in [-0.39, 0.29) is 11.8 Å². The molecule has 2 aromatic heterocycles. The van der Waals surface area contributed by atoms with Gasteiger partial charge in [0.25, 0.3) is 5.91 Å². The van der Waals surface area contributed by atoms with Crippen LogP contribution in [0.15, 0.2) is 60.8 Å². The number of carbonyl (C=O) groups excluding carboxylic acids is 1. The maximum Gasteiger partial charge on any atom is 0.256 e. The van der Waals surface area contributed by atoms with Crippen LogP contribution in [0.4, 0.5) is 0 Å². The molecule has 2 N–H and O–H groups in total. The Bertz CT molecular complexity index is 1200. The molecule has 4 aromatic rings. The largest absolute Gasteiger partial charge is 0.493 e. The van der Waals surface area contributed by atoms with Crippen LogP contribution >= 0.6 is 11.6 Å². The molecule has 0 spiro atoms. The van der Waals surface area contributed by atoms with Crippen LogP contribution in [0.25, 0.3) is 5.65 Å². The highest BCUT2D eigenvalue weighted by Gasteiger charge is 2.20. The molecule has 0 aliphatic rings. The minimum atomic E-state index is -0.269. The molecule has 152 valence electrons. The molecule has 7 heteroatoms. The van der Waals surface area contributed by atoms with Crippen LogP contribution in [0.3, 0.4) is 0 Å². The molecule has 1 amide bonds. The maximum atomic E-state index is 12.6. The number of aryl methyl sites for hydroxylation is 1. The monoisotopic (exact) mass is 420 g/mol. The minimum absolute atomic E-state index is 0.0270. The Morgan fingerprint density at radius 3 is 2.67 bits per heavy atom. The van der Waals surface area contributed by atoms with Crippen molar-refractivity contribution in [1.29, 1.82) is 0 Å². The summed E-state index contributed by atoms with van der Waals surface area (Å²) in [5, 5.41) is 18.5. The quantitative estimate of drug-likeness (QED) is 0.494. The summed E-state index contributed by atoms with van der Waals surface area (Å²) in [6.45, 7) is 2.31. The molecular weight excluding hydrogens is 400 g/mol. The van der Waals surface area contributed by atoms with E-state index in [9.17, 15) is 9.90 Å². The smallest absolute Gasteiger partial charge is 0.256 e. The van der Waals surface area contributed by atoms with Crippen molar-refractivity contribution in [3.8, 4) is 5.88 Å². The topological polar surface area (TPSA) is 79.5 Å². The molecule has 0 bridgehead atoms. The second-order valence-corrected chi connectivity index (χ2v) is 7.53. The van der Waals surface area contributed by atoms with Crippen LogP contribution in [0, 0.1) is 6.92 Å². The van der Waals surface area contributed by atoms with Crippen molar-refractivity contribution in [2.24, 2.45) is 0 Å².